The fourth-order valence-electron chi connectivity index (χ4n) is 5.01. The van der Waals surface area contributed by atoms with E-state index < -0.39 is 35.4 Å². The first-order valence-corrected chi connectivity index (χ1v) is 17.5. The van der Waals surface area contributed by atoms with E-state index >= 15 is 7.10 Å². The van der Waals surface area contributed by atoms with Crippen molar-refractivity contribution in [3.05, 3.63) is 57.6 Å². The number of rotatable bonds is 2. The van der Waals surface area contributed by atoms with E-state index in [1.54, 1.807) is 0 Å². The van der Waals surface area contributed by atoms with Gasteiger partial charge in [-0.3, -0.25) is 0 Å². The molecule has 0 unspecified atom stereocenters. The summed E-state index contributed by atoms with van der Waals surface area (Å²) in [5.74, 6) is 0. The molecule has 222 valence electrons. The average molecular weight is 608 g/mol. The van der Waals surface area contributed by atoms with Gasteiger partial charge in [0.25, 0.3) is 0 Å². The van der Waals surface area contributed by atoms with Crippen LogP contribution in [0.25, 0.3) is 0 Å². The van der Waals surface area contributed by atoms with Gasteiger partial charge in [0.1, 0.15) is 0 Å². The normalized spacial score (nSPS) is 15.1. The molecule has 0 radical (unpaired) electrons. The van der Waals surface area contributed by atoms with E-state index in [1.807, 2.05) is 0 Å². The van der Waals surface area contributed by atoms with Gasteiger partial charge in [0.05, 0.1) is 0 Å². The molecule has 0 aromatic heterocycles. The Morgan fingerprint density at radius 2 is 0.538 bits per heavy atom. The van der Waals surface area contributed by atoms with Crippen molar-refractivity contribution in [2.24, 2.45) is 0 Å². The summed E-state index contributed by atoms with van der Waals surface area (Å²) >= 11 is -5.49. The molecule has 0 saturated carbocycles. The SMILES string of the molecule is CC(C)(C)c1cc(C(C)(C)C)c([Se](F)(F)c2c(C(C)(C)C)cc(C(C)(C)C)cc2C(C)(C)C)c(C(C)(C)C)c1. The van der Waals surface area contributed by atoms with Crippen LogP contribution in [-0.4, -0.2) is 13.8 Å². The summed E-state index contributed by atoms with van der Waals surface area (Å²) in [4.78, 5) is 0. The zero-order valence-corrected chi connectivity index (χ0v) is 30.2. The molecule has 0 fully saturated rings. The Morgan fingerprint density at radius 3 is 0.667 bits per heavy atom. The Kier molecular flexibility index (Phi) is 8.70. The van der Waals surface area contributed by atoms with Gasteiger partial charge < -0.3 is 0 Å². The van der Waals surface area contributed by atoms with Crippen LogP contribution in [0.4, 0.5) is 7.10 Å². The number of halogens is 2. The van der Waals surface area contributed by atoms with Crippen LogP contribution in [0.3, 0.4) is 0 Å². The van der Waals surface area contributed by atoms with Crippen LogP contribution < -0.4 is 8.92 Å². The molecule has 0 aliphatic rings. The van der Waals surface area contributed by atoms with Crippen molar-refractivity contribution >= 4 is 22.7 Å². The van der Waals surface area contributed by atoms with E-state index in [9.17, 15) is 0 Å². The zero-order chi connectivity index (χ0) is 30.9. The monoisotopic (exact) mass is 608 g/mol. The Bertz CT molecular complexity index is 1040. The van der Waals surface area contributed by atoms with Crippen molar-refractivity contribution in [2.75, 3.05) is 0 Å². The quantitative estimate of drug-likeness (QED) is 0.298. The Hall–Kier alpha value is -1.18. The van der Waals surface area contributed by atoms with E-state index in [0.717, 1.165) is 33.4 Å². The standard InChI is InChI=1S/C36H58F2Se/c1-31(2,3)23-19-25(33(7,8)9)29(26(20-23)34(10,11)12)39(37,38)30-27(35(13,14)15)21-24(32(4,5)6)22-28(30)36(16,17)18/h19-22H,1-18H3. The first-order chi connectivity index (χ1) is 16.9. The summed E-state index contributed by atoms with van der Waals surface area (Å²) in [6.45, 7) is 38.2. The molecule has 0 heterocycles. The van der Waals surface area contributed by atoms with E-state index in [0.29, 0.717) is 8.92 Å². The fourth-order valence-corrected chi connectivity index (χ4v) is 10.8. The second kappa shape index (κ2) is 9.97. The Labute approximate surface area is 243 Å². The van der Waals surface area contributed by atoms with Gasteiger partial charge in [0.2, 0.25) is 0 Å². The maximum atomic E-state index is 18.1. The third kappa shape index (κ3) is 7.19. The molecule has 0 N–H and O–H groups in total. The average Bonchev–Trinajstić information content (AvgIpc) is 2.67. The molecule has 0 saturated heterocycles. The van der Waals surface area contributed by atoms with Gasteiger partial charge in [-0.1, -0.05) is 0 Å². The molecule has 0 bridgehead atoms. The molecule has 0 nitrogen and oxygen atoms in total. The molecule has 2 rings (SSSR count). The molecule has 39 heavy (non-hydrogen) atoms. The Morgan fingerprint density at radius 1 is 0.359 bits per heavy atom. The summed E-state index contributed by atoms with van der Waals surface area (Å²) in [5.41, 5.74) is 3.52. The van der Waals surface area contributed by atoms with Crippen LogP contribution in [0.5, 0.6) is 0 Å². The fraction of sp³-hybridized carbons (Fsp3) is 0.667. The van der Waals surface area contributed by atoms with Gasteiger partial charge in [-0.15, -0.1) is 0 Å². The van der Waals surface area contributed by atoms with Crippen LogP contribution in [0.2, 0.25) is 0 Å². The number of benzene rings is 2. The van der Waals surface area contributed by atoms with E-state index in [1.165, 1.54) is 0 Å². The maximum absolute atomic E-state index is 18.1. The van der Waals surface area contributed by atoms with Crippen LogP contribution in [-0.2, 0) is 32.5 Å². The van der Waals surface area contributed by atoms with Crippen LogP contribution in [0.1, 0.15) is 158 Å². The minimum absolute atomic E-state index is 0.140. The van der Waals surface area contributed by atoms with Gasteiger partial charge in [0, 0.05) is 0 Å². The molecule has 0 atom stereocenters. The van der Waals surface area contributed by atoms with Crippen molar-refractivity contribution in [3.8, 4) is 0 Å². The molecule has 0 spiro atoms. The van der Waals surface area contributed by atoms with Crippen LogP contribution in [0.15, 0.2) is 24.3 Å². The Balaban J connectivity index is 3.33. The summed E-state index contributed by atoms with van der Waals surface area (Å²) in [6.07, 6.45) is 0. The third-order valence-corrected chi connectivity index (χ3v) is 11.7. The van der Waals surface area contributed by atoms with Gasteiger partial charge in [-0.2, -0.15) is 0 Å². The second-order valence-electron chi connectivity index (χ2n) is 17.8. The van der Waals surface area contributed by atoms with Crippen molar-refractivity contribution in [1.29, 1.82) is 0 Å². The molecule has 2 aromatic carbocycles. The molecule has 2 aromatic rings. The number of hydrogen-bond acceptors (Lipinski definition) is 0. The zero-order valence-electron chi connectivity index (χ0n) is 28.5. The third-order valence-electron chi connectivity index (χ3n) is 7.65. The predicted octanol–water partition coefficient (Wildman–Crippen LogP) is 9.97. The van der Waals surface area contributed by atoms with Crippen molar-refractivity contribution in [3.63, 3.8) is 0 Å². The molecule has 0 amide bonds. The van der Waals surface area contributed by atoms with Gasteiger partial charge in [-0.25, -0.2) is 0 Å². The minimum atomic E-state index is -5.49. The van der Waals surface area contributed by atoms with E-state index in [2.05, 4.69) is 149 Å². The van der Waals surface area contributed by atoms with E-state index in [-0.39, 0.29) is 10.8 Å². The van der Waals surface area contributed by atoms with Crippen molar-refractivity contribution < 1.29 is 7.10 Å². The first-order valence-electron chi connectivity index (χ1n) is 14.5. The van der Waals surface area contributed by atoms with Crippen molar-refractivity contribution in [2.45, 2.75) is 157 Å². The summed E-state index contributed by atoms with van der Waals surface area (Å²) < 4.78 is 36.8. The van der Waals surface area contributed by atoms with E-state index in [4.69, 9.17) is 0 Å². The second-order valence-corrected chi connectivity index (χ2v) is 21.5. The molecule has 0 aliphatic heterocycles. The summed E-state index contributed by atoms with van der Waals surface area (Å²) in [5, 5.41) is 0. The molecular weight excluding hydrogens is 549 g/mol. The van der Waals surface area contributed by atoms with Gasteiger partial charge in [-0.05, 0) is 0 Å². The molecule has 3 heteroatoms. The predicted molar refractivity (Wildman–Crippen MR) is 172 cm³/mol. The molecule has 0 aliphatic carbocycles. The first kappa shape index (κ1) is 34.0. The number of hydrogen-bond donors (Lipinski definition) is 0. The van der Waals surface area contributed by atoms with Crippen LogP contribution in [0, 0.1) is 0 Å². The van der Waals surface area contributed by atoms with Gasteiger partial charge in [0.15, 0.2) is 0 Å². The summed E-state index contributed by atoms with van der Waals surface area (Å²) in [6, 6.07) is 8.42. The van der Waals surface area contributed by atoms with Crippen LogP contribution >= 0.6 is 0 Å². The van der Waals surface area contributed by atoms with Crippen molar-refractivity contribution in [1.82, 2.24) is 0 Å². The molecular formula is C36H58F2Se. The topological polar surface area (TPSA) is 0 Å². The summed E-state index contributed by atoms with van der Waals surface area (Å²) in [7, 11) is 0. The van der Waals surface area contributed by atoms with Gasteiger partial charge >= 0.3 is 245 Å².